The minimum atomic E-state index is 0.397. The first kappa shape index (κ1) is 20.4. The standard InChI is InChI=1S/C19H30Cl2O2/c1-14(2)6-5-7-15(3)8-9-23-19-11-16(12-20)18(22-4)10-17(19)13-21/h10-11,14-15H,5-9,12-13H2,1-4H3/t15-/m0/s1. The smallest absolute Gasteiger partial charge is 0.124 e. The predicted molar refractivity (Wildman–Crippen MR) is 100 cm³/mol. The summed E-state index contributed by atoms with van der Waals surface area (Å²) in [7, 11) is 1.64. The maximum absolute atomic E-state index is 6.03. The van der Waals surface area contributed by atoms with Gasteiger partial charge in [-0.15, -0.1) is 23.2 Å². The number of halogens is 2. The molecule has 0 aliphatic heterocycles. The summed E-state index contributed by atoms with van der Waals surface area (Å²) in [4.78, 5) is 0. The van der Waals surface area contributed by atoms with Gasteiger partial charge in [0.15, 0.2) is 0 Å². The summed E-state index contributed by atoms with van der Waals surface area (Å²) in [6.45, 7) is 7.56. The Balaban J connectivity index is 2.53. The number of methoxy groups -OCH3 is 1. The molecule has 0 saturated carbocycles. The van der Waals surface area contributed by atoms with Gasteiger partial charge in [-0.2, -0.15) is 0 Å². The SMILES string of the molecule is COc1cc(CCl)c(OCC[C@@H](C)CCCC(C)C)cc1CCl. The number of benzene rings is 1. The van der Waals surface area contributed by atoms with Crippen molar-refractivity contribution in [2.24, 2.45) is 11.8 Å². The van der Waals surface area contributed by atoms with Gasteiger partial charge < -0.3 is 9.47 Å². The highest BCUT2D eigenvalue weighted by Gasteiger charge is 2.11. The summed E-state index contributed by atoms with van der Waals surface area (Å²) < 4.78 is 11.3. The van der Waals surface area contributed by atoms with Gasteiger partial charge in [-0.05, 0) is 30.4 Å². The summed E-state index contributed by atoms with van der Waals surface area (Å²) in [5, 5.41) is 0. The number of rotatable bonds is 11. The van der Waals surface area contributed by atoms with Crippen LogP contribution in [0.15, 0.2) is 12.1 Å². The molecule has 0 N–H and O–H groups in total. The lowest BCUT2D eigenvalue weighted by Crippen LogP contribution is -2.06. The van der Waals surface area contributed by atoms with Gasteiger partial charge in [0, 0.05) is 11.1 Å². The summed E-state index contributed by atoms with van der Waals surface area (Å²) in [5.74, 6) is 3.86. The van der Waals surface area contributed by atoms with Crippen molar-refractivity contribution in [2.45, 2.75) is 58.2 Å². The minimum Gasteiger partial charge on any atom is -0.496 e. The fraction of sp³-hybridized carbons (Fsp3) is 0.684. The van der Waals surface area contributed by atoms with Crippen molar-refractivity contribution in [1.29, 1.82) is 0 Å². The molecule has 0 fully saturated rings. The topological polar surface area (TPSA) is 18.5 Å². The molecule has 0 aromatic heterocycles. The average molecular weight is 361 g/mol. The van der Waals surface area contributed by atoms with Crippen LogP contribution in [0, 0.1) is 11.8 Å². The number of ether oxygens (including phenoxy) is 2. The molecule has 0 aliphatic rings. The molecule has 0 aliphatic carbocycles. The van der Waals surface area contributed by atoms with Crippen LogP contribution in [0.4, 0.5) is 0 Å². The Morgan fingerprint density at radius 1 is 0.913 bits per heavy atom. The molecule has 0 heterocycles. The molecular formula is C19H30Cl2O2. The summed E-state index contributed by atoms with van der Waals surface area (Å²) in [6.07, 6.45) is 4.92. The van der Waals surface area contributed by atoms with E-state index in [4.69, 9.17) is 32.7 Å². The Hall–Kier alpha value is -0.600. The number of hydrogen-bond donors (Lipinski definition) is 0. The highest BCUT2D eigenvalue weighted by atomic mass is 35.5. The lowest BCUT2D eigenvalue weighted by atomic mass is 9.98. The summed E-state index contributed by atoms with van der Waals surface area (Å²) >= 11 is 12.0. The second-order valence-corrected chi connectivity index (χ2v) is 7.14. The van der Waals surface area contributed by atoms with E-state index in [1.807, 2.05) is 12.1 Å². The van der Waals surface area contributed by atoms with Gasteiger partial charge in [0.2, 0.25) is 0 Å². The first-order chi connectivity index (χ1) is 11.0. The largest absolute Gasteiger partial charge is 0.496 e. The normalized spacial score (nSPS) is 12.5. The van der Waals surface area contributed by atoms with E-state index < -0.39 is 0 Å². The number of hydrogen-bond acceptors (Lipinski definition) is 2. The van der Waals surface area contributed by atoms with Crippen molar-refractivity contribution in [1.82, 2.24) is 0 Å². The van der Waals surface area contributed by atoms with Crippen molar-refractivity contribution in [2.75, 3.05) is 13.7 Å². The van der Waals surface area contributed by atoms with E-state index in [1.165, 1.54) is 19.3 Å². The van der Waals surface area contributed by atoms with Crippen LogP contribution in [0.25, 0.3) is 0 Å². The molecular weight excluding hydrogens is 331 g/mol. The quantitative estimate of drug-likeness (QED) is 0.424. The fourth-order valence-electron chi connectivity index (χ4n) is 2.57. The molecule has 1 atom stereocenters. The maximum atomic E-state index is 6.03. The monoisotopic (exact) mass is 360 g/mol. The van der Waals surface area contributed by atoms with Crippen molar-refractivity contribution in [3.8, 4) is 11.5 Å². The van der Waals surface area contributed by atoms with E-state index in [0.717, 1.165) is 35.0 Å². The Morgan fingerprint density at radius 2 is 1.52 bits per heavy atom. The van der Waals surface area contributed by atoms with Gasteiger partial charge in [-0.25, -0.2) is 0 Å². The molecule has 132 valence electrons. The van der Waals surface area contributed by atoms with Crippen LogP contribution in [0.1, 0.15) is 57.6 Å². The van der Waals surface area contributed by atoms with Gasteiger partial charge in [0.25, 0.3) is 0 Å². The van der Waals surface area contributed by atoms with E-state index in [9.17, 15) is 0 Å². The first-order valence-corrected chi connectivity index (χ1v) is 9.53. The molecule has 1 rings (SSSR count). The third-order valence-corrected chi connectivity index (χ3v) is 4.67. The summed E-state index contributed by atoms with van der Waals surface area (Å²) in [6, 6.07) is 3.87. The summed E-state index contributed by atoms with van der Waals surface area (Å²) in [5.41, 5.74) is 1.88. The van der Waals surface area contributed by atoms with Crippen LogP contribution >= 0.6 is 23.2 Å². The molecule has 1 aromatic rings. The van der Waals surface area contributed by atoms with Crippen molar-refractivity contribution in [3.63, 3.8) is 0 Å². The molecule has 0 unspecified atom stereocenters. The van der Waals surface area contributed by atoms with Crippen LogP contribution in [0.2, 0.25) is 0 Å². The van der Waals surface area contributed by atoms with E-state index in [0.29, 0.717) is 24.3 Å². The van der Waals surface area contributed by atoms with Gasteiger partial charge >= 0.3 is 0 Å². The zero-order valence-corrected chi connectivity index (χ0v) is 16.3. The van der Waals surface area contributed by atoms with Gasteiger partial charge in [-0.1, -0.05) is 40.0 Å². The molecule has 4 heteroatoms. The Bertz CT molecular complexity index is 461. The lowest BCUT2D eigenvalue weighted by molar-refractivity contribution is 0.273. The molecule has 0 bridgehead atoms. The fourth-order valence-corrected chi connectivity index (χ4v) is 2.98. The van der Waals surface area contributed by atoms with E-state index in [-0.39, 0.29) is 0 Å². The van der Waals surface area contributed by atoms with E-state index in [1.54, 1.807) is 7.11 Å². The van der Waals surface area contributed by atoms with Crippen LogP contribution in [-0.2, 0) is 11.8 Å². The van der Waals surface area contributed by atoms with Crippen LogP contribution in [0.5, 0.6) is 11.5 Å². The highest BCUT2D eigenvalue weighted by molar-refractivity contribution is 6.18. The van der Waals surface area contributed by atoms with Crippen LogP contribution in [0.3, 0.4) is 0 Å². The maximum Gasteiger partial charge on any atom is 0.124 e. The Kier molecular flexibility index (Phi) is 9.81. The highest BCUT2D eigenvalue weighted by Crippen LogP contribution is 2.31. The number of alkyl halides is 2. The first-order valence-electron chi connectivity index (χ1n) is 8.46. The second-order valence-electron chi connectivity index (χ2n) is 6.61. The third kappa shape index (κ3) is 7.22. The Morgan fingerprint density at radius 3 is 2.09 bits per heavy atom. The molecule has 23 heavy (non-hydrogen) atoms. The van der Waals surface area contributed by atoms with Crippen molar-refractivity contribution in [3.05, 3.63) is 23.3 Å². The molecule has 2 nitrogen and oxygen atoms in total. The molecule has 1 aromatic carbocycles. The van der Waals surface area contributed by atoms with Crippen molar-refractivity contribution < 1.29 is 9.47 Å². The lowest BCUT2D eigenvalue weighted by Gasteiger charge is -2.16. The zero-order chi connectivity index (χ0) is 17.2. The van der Waals surface area contributed by atoms with Gasteiger partial charge in [0.05, 0.1) is 25.5 Å². The van der Waals surface area contributed by atoms with Crippen LogP contribution in [-0.4, -0.2) is 13.7 Å². The van der Waals surface area contributed by atoms with Crippen LogP contribution < -0.4 is 9.47 Å². The van der Waals surface area contributed by atoms with Gasteiger partial charge in [-0.3, -0.25) is 0 Å². The zero-order valence-electron chi connectivity index (χ0n) is 14.8. The molecule has 0 spiro atoms. The predicted octanol–water partition coefficient (Wildman–Crippen LogP) is 6.40. The minimum absolute atomic E-state index is 0.397. The van der Waals surface area contributed by atoms with E-state index in [2.05, 4.69) is 20.8 Å². The molecule has 0 saturated heterocycles. The Labute approximate surface area is 151 Å². The van der Waals surface area contributed by atoms with Gasteiger partial charge in [0.1, 0.15) is 11.5 Å². The van der Waals surface area contributed by atoms with Crippen molar-refractivity contribution >= 4 is 23.2 Å². The second kappa shape index (κ2) is 11.0. The van der Waals surface area contributed by atoms with E-state index >= 15 is 0 Å². The molecule has 0 amide bonds. The average Bonchev–Trinajstić information content (AvgIpc) is 2.53. The molecule has 0 radical (unpaired) electrons. The third-order valence-electron chi connectivity index (χ3n) is 4.10.